The van der Waals surface area contributed by atoms with Crippen LogP contribution in [0.4, 0.5) is 0 Å². The van der Waals surface area contributed by atoms with Crippen LogP contribution in [-0.2, 0) is 9.53 Å². The van der Waals surface area contributed by atoms with Crippen LogP contribution in [0, 0.1) is 0 Å². The van der Waals surface area contributed by atoms with Crippen molar-refractivity contribution in [1.82, 2.24) is 0 Å². The summed E-state index contributed by atoms with van der Waals surface area (Å²) in [5.41, 5.74) is 0. The van der Waals surface area contributed by atoms with E-state index in [1.54, 1.807) is 30.4 Å². The van der Waals surface area contributed by atoms with E-state index in [0.717, 1.165) is 11.5 Å². The largest absolute Gasteiger partial charge is 0.466 e. The number of ether oxygens (including phenoxy) is 1. The zero-order valence-corrected chi connectivity index (χ0v) is 10.1. The zero-order valence-electron chi connectivity index (χ0n) is 8.49. The number of hydrogen-bond acceptors (Lipinski definition) is 5. The molecule has 1 fully saturated rings. The molecule has 0 saturated carbocycles. The van der Waals surface area contributed by atoms with Gasteiger partial charge >= 0.3 is 5.97 Å². The number of esters is 1. The zero-order chi connectivity index (χ0) is 10.6. The van der Waals surface area contributed by atoms with E-state index >= 15 is 0 Å². The van der Waals surface area contributed by atoms with Gasteiger partial charge in [-0.3, -0.25) is 4.79 Å². The first kappa shape index (κ1) is 12.2. The van der Waals surface area contributed by atoms with Crippen molar-refractivity contribution in [1.29, 1.82) is 0 Å². The van der Waals surface area contributed by atoms with Crippen molar-refractivity contribution in [2.45, 2.75) is 30.5 Å². The van der Waals surface area contributed by atoms with Gasteiger partial charge in [0.15, 0.2) is 0 Å². The molecule has 0 amide bonds. The molecule has 1 atom stereocenters. The summed E-state index contributed by atoms with van der Waals surface area (Å²) in [6.45, 7) is 4.13. The lowest BCUT2D eigenvalue weighted by atomic mass is 10.2. The minimum absolute atomic E-state index is 0.102. The van der Waals surface area contributed by atoms with Crippen LogP contribution >= 0.6 is 23.5 Å². The van der Waals surface area contributed by atoms with E-state index in [2.05, 4.69) is 0 Å². The maximum atomic E-state index is 11.2. The highest BCUT2D eigenvalue weighted by atomic mass is 32.2. The number of hydrogen-bond donors (Lipinski definition) is 1. The van der Waals surface area contributed by atoms with Gasteiger partial charge in [0.1, 0.15) is 0 Å². The summed E-state index contributed by atoms with van der Waals surface area (Å²) in [5, 5.41) is 9.86. The topological polar surface area (TPSA) is 46.5 Å². The third-order valence-electron chi connectivity index (χ3n) is 2.13. The summed E-state index contributed by atoms with van der Waals surface area (Å²) in [7, 11) is 0. The second-order valence-electron chi connectivity index (χ2n) is 3.24. The van der Waals surface area contributed by atoms with Crippen LogP contribution in [0.1, 0.15) is 20.3 Å². The Balaban J connectivity index is 2.40. The number of carbonyl (C=O) groups excluding carboxylic acids is 1. The molecule has 3 nitrogen and oxygen atoms in total. The van der Waals surface area contributed by atoms with Crippen LogP contribution in [0.15, 0.2) is 0 Å². The lowest BCUT2D eigenvalue weighted by Gasteiger charge is -2.27. The molecular formula is C9H16O3S2. The highest BCUT2D eigenvalue weighted by Crippen LogP contribution is 2.46. The molecule has 1 N–H and O–H groups in total. The van der Waals surface area contributed by atoms with Crippen LogP contribution in [0.3, 0.4) is 0 Å². The molecule has 1 heterocycles. The summed E-state index contributed by atoms with van der Waals surface area (Å²) in [6.07, 6.45) is -0.510. The van der Waals surface area contributed by atoms with Crippen LogP contribution in [0.5, 0.6) is 0 Å². The normalized spacial score (nSPS) is 21.9. The van der Waals surface area contributed by atoms with E-state index in [-0.39, 0.29) is 16.5 Å². The van der Waals surface area contributed by atoms with Crippen LogP contribution in [-0.4, -0.2) is 39.4 Å². The van der Waals surface area contributed by atoms with E-state index < -0.39 is 6.10 Å². The fourth-order valence-corrected chi connectivity index (χ4v) is 4.15. The van der Waals surface area contributed by atoms with Crippen molar-refractivity contribution in [3.8, 4) is 0 Å². The standard InChI is InChI=1S/C9H16O3S2/c1-3-12-8(11)6-7(10)9(2)13-4-5-14-9/h7,10H,3-6H2,1-2H3. The molecular weight excluding hydrogens is 220 g/mol. The molecule has 1 aliphatic heterocycles. The molecule has 0 bridgehead atoms. The van der Waals surface area contributed by atoms with Crippen molar-refractivity contribution >= 4 is 29.5 Å². The Morgan fingerprint density at radius 1 is 1.57 bits per heavy atom. The third kappa shape index (κ3) is 3.07. The van der Waals surface area contributed by atoms with Crippen molar-refractivity contribution in [2.75, 3.05) is 18.1 Å². The number of aliphatic hydroxyl groups excluding tert-OH is 1. The Morgan fingerprint density at radius 2 is 2.14 bits per heavy atom. The summed E-state index contributed by atoms with van der Waals surface area (Å²) in [4.78, 5) is 11.2. The maximum absolute atomic E-state index is 11.2. The summed E-state index contributed by atoms with van der Waals surface area (Å²) >= 11 is 3.44. The number of carbonyl (C=O) groups is 1. The minimum Gasteiger partial charge on any atom is -0.466 e. The second-order valence-corrected chi connectivity index (χ2v) is 6.59. The first-order valence-corrected chi connectivity index (χ1v) is 6.67. The molecule has 14 heavy (non-hydrogen) atoms. The fraction of sp³-hybridized carbons (Fsp3) is 0.889. The lowest BCUT2D eigenvalue weighted by Crippen LogP contribution is -2.33. The predicted octanol–water partition coefficient (Wildman–Crippen LogP) is 1.50. The number of rotatable bonds is 4. The monoisotopic (exact) mass is 236 g/mol. The van der Waals surface area contributed by atoms with Gasteiger partial charge < -0.3 is 9.84 Å². The van der Waals surface area contributed by atoms with Gasteiger partial charge in [-0.25, -0.2) is 0 Å². The molecule has 0 aromatic rings. The molecule has 1 unspecified atom stereocenters. The molecule has 0 radical (unpaired) electrons. The molecule has 5 heteroatoms. The van der Waals surface area contributed by atoms with E-state index in [9.17, 15) is 9.90 Å². The van der Waals surface area contributed by atoms with Gasteiger partial charge in [0, 0.05) is 11.5 Å². The van der Waals surface area contributed by atoms with Gasteiger partial charge in [0.2, 0.25) is 0 Å². The molecule has 0 aromatic heterocycles. The predicted molar refractivity (Wildman–Crippen MR) is 60.6 cm³/mol. The fourth-order valence-electron chi connectivity index (χ4n) is 1.29. The van der Waals surface area contributed by atoms with Gasteiger partial charge in [0.05, 0.1) is 23.2 Å². The Hall–Kier alpha value is 0.130. The Kier molecular flexibility index (Phi) is 4.60. The van der Waals surface area contributed by atoms with Crippen molar-refractivity contribution in [3.63, 3.8) is 0 Å². The molecule has 1 aliphatic rings. The summed E-state index contributed by atoms with van der Waals surface area (Å²) in [5.74, 6) is 1.77. The Bertz CT molecular complexity index is 202. The van der Waals surface area contributed by atoms with E-state index in [4.69, 9.17) is 4.74 Å². The smallest absolute Gasteiger partial charge is 0.308 e. The van der Waals surface area contributed by atoms with Gasteiger partial charge in [-0.2, -0.15) is 0 Å². The van der Waals surface area contributed by atoms with E-state index in [0.29, 0.717) is 6.61 Å². The van der Waals surface area contributed by atoms with Gasteiger partial charge in [0.25, 0.3) is 0 Å². The average Bonchev–Trinajstić information content (AvgIpc) is 2.54. The minimum atomic E-state index is -0.612. The Labute approximate surface area is 93.0 Å². The Morgan fingerprint density at radius 3 is 2.64 bits per heavy atom. The lowest BCUT2D eigenvalue weighted by molar-refractivity contribution is -0.145. The molecule has 1 rings (SSSR count). The number of aliphatic hydroxyl groups is 1. The molecule has 0 aliphatic carbocycles. The van der Waals surface area contributed by atoms with Crippen molar-refractivity contribution in [3.05, 3.63) is 0 Å². The molecule has 0 spiro atoms. The van der Waals surface area contributed by atoms with Crippen LogP contribution < -0.4 is 0 Å². The molecule has 82 valence electrons. The first-order chi connectivity index (χ1) is 6.58. The highest BCUT2D eigenvalue weighted by Gasteiger charge is 2.38. The first-order valence-electron chi connectivity index (χ1n) is 4.70. The maximum Gasteiger partial charge on any atom is 0.308 e. The average molecular weight is 236 g/mol. The second kappa shape index (κ2) is 5.28. The summed E-state index contributed by atoms with van der Waals surface area (Å²) in [6, 6.07) is 0. The third-order valence-corrected chi connectivity index (χ3v) is 5.60. The quantitative estimate of drug-likeness (QED) is 0.749. The number of thioether (sulfide) groups is 2. The SMILES string of the molecule is CCOC(=O)CC(O)C1(C)SCCS1. The molecule has 1 saturated heterocycles. The van der Waals surface area contributed by atoms with E-state index in [1.165, 1.54) is 0 Å². The van der Waals surface area contributed by atoms with Crippen molar-refractivity contribution < 1.29 is 14.6 Å². The van der Waals surface area contributed by atoms with Gasteiger partial charge in [-0.1, -0.05) is 0 Å². The molecule has 0 aromatic carbocycles. The highest BCUT2D eigenvalue weighted by molar-refractivity contribution is 8.21. The van der Waals surface area contributed by atoms with Crippen LogP contribution in [0.25, 0.3) is 0 Å². The summed E-state index contributed by atoms with van der Waals surface area (Å²) < 4.78 is 4.57. The van der Waals surface area contributed by atoms with Crippen LogP contribution in [0.2, 0.25) is 0 Å². The van der Waals surface area contributed by atoms with Gasteiger partial charge in [-0.15, -0.1) is 23.5 Å². The van der Waals surface area contributed by atoms with E-state index in [1.807, 2.05) is 6.92 Å². The van der Waals surface area contributed by atoms with Crippen molar-refractivity contribution in [2.24, 2.45) is 0 Å². The van der Waals surface area contributed by atoms with Gasteiger partial charge in [-0.05, 0) is 13.8 Å².